The number of hydrogen-bond donors (Lipinski definition) is 0. The predicted molar refractivity (Wildman–Crippen MR) is 96.4 cm³/mol. The fourth-order valence-corrected chi connectivity index (χ4v) is 4.89. The molecule has 2 bridgehead atoms. The molecule has 5 heterocycles. The Hall–Kier alpha value is -1.98. The van der Waals surface area contributed by atoms with E-state index in [2.05, 4.69) is 44.7 Å². The zero-order chi connectivity index (χ0) is 15.9. The van der Waals surface area contributed by atoms with Crippen molar-refractivity contribution in [3.8, 4) is 16.5 Å². The highest BCUT2D eigenvalue weighted by Crippen LogP contribution is 2.34. The van der Waals surface area contributed by atoms with Crippen molar-refractivity contribution in [2.75, 3.05) is 19.6 Å². The van der Waals surface area contributed by atoms with E-state index in [1.54, 1.807) is 11.3 Å². The summed E-state index contributed by atoms with van der Waals surface area (Å²) < 4.78 is 6.14. The minimum absolute atomic E-state index is 0.273. The Labute approximate surface area is 145 Å². The lowest BCUT2D eigenvalue weighted by Gasteiger charge is -2.44. The van der Waals surface area contributed by atoms with Gasteiger partial charge in [0.05, 0.1) is 4.88 Å². The summed E-state index contributed by atoms with van der Waals surface area (Å²) in [7, 11) is 0. The zero-order valence-corrected chi connectivity index (χ0v) is 14.2. The standard InChI is InChI=1S/C19H19N3OS/c1-2-4-15-14(3-1)12-24-19(15)16-5-6-18(21-20-16)23-17-11-22-9-7-13(17)8-10-22/h1-6,12-13,17H,7-11H2/t17-/m0/s1. The molecule has 3 fully saturated rings. The van der Waals surface area contributed by atoms with E-state index in [4.69, 9.17) is 4.74 Å². The second-order valence-corrected chi connectivity index (χ2v) is 7.58. The number of hydrogen-bond acceptors (Lipinski definition) is 5. The van der Waals surface area contributed by atoms with E-state index in [1.807, 2.05) is 12.1 Å². The van der Waals surface area contributed by atoms with Crippen molar-refractivity contribution in [3.63, 3.8) is 0 Å². The number of benzene rings is 1. The molecule has 0 amide bonds. The van der Waals surface area contributed by atoms with Crippen LogP contribution in [0.4, 0.5) is 0 Å². The SMILES string of the molecule is c1ccc2c(-c3ccc(O[C@H]4CN5CCC4CC5)nn3)scc2c1. The van der Waals surface area contributed by atoms with Crippen LogP contribution in [0.1, 0.15) is 12.8 Å². The smallest absolute Gasteiger partial charge is 0.233 e. The molecule has 1 aromatic carbocycles. The van der Waals surface area contributed by atoms with Gasteiger partial charge >= 0.3 is 0 Å². The van der Waals surface area contributed by atoms with Crippen LogP contribution in [-0.4, -0.2) is 40.8 Å². The van der Waals surface area contributed by atoms with Gasteiger partial charge in [-0.15, -0.1) is 21.5 Å². The Morgan fingerprint density at radius 1 is 1.04 bits per heavy atom. The van der Waals surface area contributed by atoms with Gasteiger partial charge in [0.1, 0.15) is 11.8 Å². The quantitative estimate of drug-likeness (QED) is 0.728. The minimum atomic E-state index is 0.273. The van der Waals surface area contributed by atoms with E-state index in [0.29, 0.717) is 11.8 Å². The molecule has 0 N–H and O–H groups in total. The number of fused-ring (bicyclic) bond motifs is 4. The fraction of sp³-hybridized carbons (Fsp3) is 0.368. The summed E-state index contributed by atoms with van der Waals surface area (Å²) in [5.74, 6) is 1.33. The molecule has 122 valence electrons. The molecule has 0 aliphatic carbocycles. The van der Waals surface area contributed by atoms with Crippen molar-refractivity contribution in [1.29, 1.82) is 0 Å². The number of nitrogens with zero attached hydrogens (tertiary/aromatic N) is 3. The monoisotopic (exact) mass is 337 g/mol. The van der Waals surface area contributed by atoms with E-state index in [9.17, 15) is 0 Å². The molecule has 5 heteroatoms. The number of ether oxygens (including phenoxy) is 1. The summed E-state index contributed by atoms with van der Waals surface area (Å²) in [6.45, 7) is 3.48. The Bertz CT molecular complexity index is 852. The highest BCUT2D eigenvalue weighted by Gasteiger charge is 2.35. The third-order valence-electron chi connectivity index (χ3n) is 5.25. The molecule has 3 aliphatic rings. The number of piperidine rings is 3. The van der Waals surface area contributed by atoms with Crippen molar-refractivity contribution < 1.29 is 4.74 Å². The van der Waals surface area contributed by atoms with Crippen LogP contribution in [0.25, 0.3) is 21.3 Å². The maximum absolute atomic E-state index is 6.14. The van der Waals surface area contributed by atoms with Crippen molar-refractivity contribution >= 4 is 22.1 Å². The van der Waals surface area contributed by atoms with Crippen molar-refractivity contribution in [2.45, 2.75) is 18.9 Å². The molecule has 3 saturated heterocycles. The molecule has 2 aromatic heterocycles. The van der Waals surface area contributed by atoms with Gasteiger partial charge in [-0.3, -0.25) is 4.90 Å². The lowest BCUT2D eigenvalue weighted by Crippen LogP contribution is -2.52. The van der Waals surface area contributed by atoms with E-state index < -0.39 is 0 Å². The summed E-state index contributed by atoms with van der Waals surface area (Å²) in [6, 6.07) is 12.4. The highest BCUT2D eigenvalue weighted by atomic mass is 32.1. The molecule has 4 nitrogen and oxygen atoms in total. The third-order valence-corrected chi connectivity index (χ3v) is 6.29. The molecular formula is C19H19N3OS. The van der Waals surface area contributed by atoms with Crippen LogP contribution < -0.4 is 4.74 Å². The molecule has 24 heavy (non-hydrogen) atoms. The second kappa shape index (κ2) is 5.83. The van der Waals surface area contributed by atoms with E-state index in [0.717, 1.165) is 12.2 Å². The molecule has 6 rings (SSSR count). The van der Waals surface area contributed by atoms with Gasteiger partial charge in [-0.2, -0.15) is 0 Å². The third kappa shape index (κ3) is 2.48. The first-order chi connectivity index (χ1) is 11.9. The average Bonchev–Trinajstić information content (AvgIpc) is 3.08. The van der Waals surface area contributed by atoms with E-state index in [-0.39, 0.29) is 6.10 Å². The van der Waals surface area contributed by atoms with Gasteiger partial charge in [0, 0.05) is 18.0 Å². The van der Waals surface area contributed by atoms with E-state index >= 15 is 0 Å². The molecule has 1 atom stereocenters. The van der Waals surface area contributed by atoms with Crippen LogP contribution in [-0.2, 0) is 0 Å². The van der Waals surface area contributed by atoms with Crippen LogP contribution in [0.15, 0.2) is 41.8 Å². The number of thiophene rings is 1. The zero-order valence-electron chi connectivity index (χ0n) is 13.4. The Morgan fingerprint density at radius 3 is 2.67 bits per heavy atom. The van der Waals surface area contributed by atoms with Crippen LogP contribution in [0.3, 0.4) is 0 Å². The second-order valence-electron chi connectivity index (χ2n) is 6.70. The molecule has 0 saturated carbocycles. The first-order valence-electron chi connectivity index (χ1n) is 8.56. The average molecular weight is 337 g/mol. The maximum Gasteiger partial charge on any atom is 0.233 e. The van der Waals surface area contributed by atoms with Gasteiger partial charge in [0.2, 0.25) is 5.88 Å². The first kappa shape index (κ1) is 14.4. The molecule has 0 spiro atoms. The Balaban J connectivity index is 1.37. The highest BCUT2D eigenvalue weighted by molar-refractivity contribution is 7.15. The fourth-order valence-electron chi connectivity index (χ4n) is 3.89. The number of aromatic nitrogens is 2. The maximum atomic E-state index is 6.14. The predicted octanol–water partition coefficient (Wildman–Crippen LogP) is 3.83. The summed E-state index contributed by atoms with van der Waals surface area (Å²) >= 11 is 1.72. The number of rotatable bonds is 3. The first-order valence-corrected chi connectivity index (χ1v) is 9.44. The molecular weight excluding hydrogens is 318 g/mol. The van der Waals surface area contributed by atoms with Crippen LogP contribution in [0.5, 0.6) is 5.88 Å². The van der Waals surface area contributed by atoms with Gasteiger partial charge in [0.25, 0.3) is 0 Å². The Kier molecular flexibility index (Phi) is 3.49. The lowest BCUT2D eigenvalue weighted by molar-refractivity contribution is -0.0103. The van der Waals surface area contributed by atoms with Gasteiger partial charge in [0.15, 0.2) is 0 Å². The summed E-state index contributed by atoms with van der Waals surface area (Å²) in [6.07, 6.45) is 2.77. The summed E-state index contributed by atoms with van der Waals surface area (Å²) in [5, 5.41) is 13.4. The molecule has 0 radical (unpaired) electrons. The topological polar surface area (TPSA) is 38.2 Å². The van der Waals surface area contributed by atoms with E-state index in [1.165, 1.54) is 41.6 Å². The van der Waals surface area contributed by atoms with Crippen molar-refractivity contribution in [3.05, 3.63) is 41.8 Å². The van der Waals surface area contributed by atoms with Gasteiger partial charge in [-0.1, -0.05) is 24.3 Å². The summed E-state index contributed by atoms with van der Waals surface area (Å²) in [4.78, 5) is 3.66. The van der Waals surface area contributed by atoms with Crippen molar-refractivity contribution in [1.82, 2.24) is 15.1 Å². The van der Waals surface area contributed by atoms with Gasteiger partial charge in [-0.25, -0.2) is 0 Å². The van der Waals surface area contributed by atoms with Gasteiger partial charge in [-0.05, 0) is 48.7 Å². The normalized spacial score (nSPS) is 25.9. The van der Waals surface area contributed by atoms with Crippen molar-refractivity contribution in [2.24, 2.45) is 5.92 Å². The molecule has 0 unspecified atom stereocenters. The summed E-state index contributed by atoms with van der Waals surface area (Å²) in [5.41, 5.74) is 0.919. The van der Waals surface area contributed by atoms with Crippen LogP contribution >= 0.6 is 11.3 Å². The van der Waals surface area contributed by atoms with Crippen LogP contribution in [0, 0.1) is 5.92 Å². The Morgan fingerprint density at radius 2 is 1.92 bits per heavy atom. The minimum Gasteiger partial charge on any atom is -0.472 e. The lowest BCUT2D eigenvalue weighted by atomic mass is 9.86. The molecule has 3 aromatic rings. The van der Waals surface area contributed by atoms with Crippen LogP contribution in [0.2, 0.25) is 0 Å². The van der Waals surface area contributed by atoms with Gasteiger partial charge < -0.3 is 4.74 Å². The molecule has 3 aliphatic heterocycles. The largest absolute Gasteiger partial charge is 0.472 e.